The van der Waals surface area contributed by atoms with E-state index in [1.165, 1.54) is 6.07 Å². The van der Waals surface area contributed by atoms with Crippen LogP contribution >= 0.6 is 11.3 Å². The van der Waals surface area contributed by atoms with Gasteiger partial charge in [0.05, 0.1) is 11.0 Å². The molecule has 0 aromatic carbocycles. The van der Waals surface area contributed by atoms with E-state index in [4.69, 9.17) is 5.73 Å². The Labute approximate surface area is 90.2 Å². The van der Waals surface area contributed by atoms with Crippen LogP contribution in [0.4, 0.5) is 5.00 Å². The quantitative estimate of drug-likeness (QED) is 0.571. The van der Waals surface area contributed by atoms with Crippen molar-refractivity contribution in [3.8, 4) is 0 Å². The summed E-state index contributed by atoms with van der Waals surface area (Å²) in [6.07, 6.45) is 0. The number of carbonyl (C=O) groups excluding carboxylic acids is 1. The zero-order valence-corrected chi connectivity index (χ0v) is 8.91. The first-order valence-corrected chi connectivity index (χ1v) is 5.13. The standard InChI is InChI=1S/C8H11N3O3S/c1-5(8(9)12)10-3-6-2-7(11(13)14)15-4-6/h2,4-5,10H,3H2,1H3,(H2,9,12). The zero-order chi connectivity index (χ0) is 11.4. The van der Waals surface area contributed by atoms with Crippen LogP contribution in [-0.4, -0.2) is 16.9 Å². The molecule has 1 unspecified atom stereocenters. The van der Waals surface area contributed by atoms with E-state index in [9.17, 15) is 14.9 Å². The first-order valence-electron chi connectivity index (χ1n) is 4.25. The van der Waals surface area contributed by atoms with Gasteiger partial charge >= 0.3 is 5.00 Å². The Balaban J connectivity index is 2.51. The van der Waals surface area contributed by atoms with Crippen molar-refractivity contribution in [2.75, 3.05) is 0 Å². The van der Waals surface area contributed by atoms with Crippen LogP contribution in [0.2, 0.25) is 0 Å². The summed E-state index contributed by atoms with van der Waals surface area (Å²) in [7, 11) is 0. The molecule has 1 aromatic rings. The van der Waals surface area contributed by atoms with Crippen molar-refractivity contribution in [1.29, 1.82) is 0 Å². The Morgan fingerprint density at radius 3 is 2.93 bits per heavy atom. The Morgan fingerprint density at radius 2 is 2.47 bits per heavy atom. The second kappa shape index (κ2) is 4.85. The van der Waals surface area contributed by atoms with Gasteiger partial charge in [0.25, 0.3) is 0 Å². The van der Waals surface area contributed by atoms with Crippen LogP contribution in [0.1, 0.15) is 12.5 Å². The van der Waals surface area contributed by atoms with Gasteiger partial charge in [0.1, 0.15) is 0 Å². The largest absolute Gasteiger partial charge is 0.368 e. The van der Waals surface area contributed by atoms with Crippen molar-refractivity contribution < 1.29 is 9.72 Å². The molecule has 3 N–H and O–H groups in total. The summed E-state index contributed by atoms with van der Waals surface area (Å²) in [5.74, 6) is -0.445. The third-order valence-electron chi connectivity index (χ3n) is 1.86. The van der Waals surface area contributed by atoms with Gasteiger partial charge in [-0.2, -0.15) is 0 Å². The van der Waals surface area contributed by atoms with E-state index in [1.807, 2.05) is 0 Å². The van der Waals surface area contributed by atoms with E-state index >= 15 is 0 Å². The number of hydrogen-bond donors (Lipinski definition) is 2. The Kier molecular flexibility index (Phi) is 3.75. The van der Waals surface area contributed by atoms with Crippen molar-refractivity contribution in [3.63, 3.8) is 0 Å². The first-order chi connectivity index (χ1) is 7.00. The van der Waals surface area contributed by atoms with Crippen molar-refractivity contribution >= 4 is 22.2 Å². The molecular weight excluding hydrogens is 218 g/mol. The maximum absolute atomic E-state index is 10.7. The van der Waals surface area contributed by atoms with Gasteiger partial charge in [-0.05, 0) is 12.5 Å². The Hall–Kier alpha value is -1.47. The summed E-state index contributed by atoms with van der Waals surface area (Å²) < 4.78 is 0. The van der Waals surface area contributed by atoms with E-state index in [1.54, 1.807) is 12.3 Å². The van der Waals surface area contributed by atoms with Crippen LogP contribution in [0.25, 0.3) is 0 Å². The lowest BCUT2D eigenvalue weighted by atomic mass is 10.3. The van der Waals surface area contributed by atoms with Crippen molar-refractivity contribution in [3.05, 3.63) is 27.1 Å². The normalized spacial score (nSPS) is 12.3. The minimum atomic E-state index is -0.445. The van der Waals surface area contributed by atoms with Gasteiger partial charge in [-0.15, -0.1) is 0 Å². The fraction of sp³-hybridized carbons (Fsp3) is 0.375. The number of thiophene rings is 1. The van der Waals surface area contributed by atoms with Gasteiger partial charge in [-0.25, -0.2) is 0 Å². The van der Waals surface area contributed by atoms with Crippen LogP contribution in [0, 0.1) is 10.1 Å². The molecule has 0 saturated carbocycles. The topological polar surface area (TPSA) is 98.3 Å². The molecule has 1 heterocycles. The Bertz CT molecular complexity index is 377. The highest BCUT2D eigenvalue weighted by Gasteiger charge is 2.11. The molecule has 7 heteroatoms. The summed E-state index contributed by atoms with van der Waals surface area (Å²) in [4.78, 5) is 20.6. The molecule has 6 nitrogen and oxygen atoms in total. The number of amides is 1. The molecule has 1 atom stereocenters. The molecule has 0 aliphatic carbocycles. The van der Waals surface area contributed by atoms with Gasteiger partial charge in [0, 0.05) is 18.0 Å². The number of nitrogens with zero attached hydrogens (tertiary/aromatic N) is 1. The molecular formula is C8H11N3O3S. The SMILES string of the molecule is CC(NCc1csc([N+](=O)[O-])c1)C(N)=O. The molecule has 0 radical (unpaired) electrons. The van der Waals surface area contributed by atoms with E-state index in [0.717, 1.165) is 16.9 Å². The highest BCUT2D eigenvalue weighted by atomic mass is 32.1. The highest BCUT2D eigenvalue weighted by molar-refractivity contribution is 7.13. The van der Waals surface area contributed by atoms with Crippen LogP contribution < -0.4 is 11.1 Å². The average Bonchev–Trinajstić information content (AvgIpc) is 2.62. The van der Waals surface area contributed by atoms with Gasteiger partial charge < -0.3 is 11.1 Å². The van der Waals surface area contributed by atoms with Crippen molar-refractivity contribution in [2.45, 2.75) is 19.5 Å². The first kappa shape index (κ1) is 11.6. The molecule has 0 spiro atoms. The van der Waals surface area contributed by atoms with Crippen LogP contribution in [-0.2, 0) is 11.3 Å². The number of nitro groups is 1. The maximum atomic E-state index is 10.7. The van der Waals surface area contributed by atoms with E-state index in [-0.39, 0.29) is 5.00 Å². The fourth-order valence-electron chi connectivity index (χ4n) is 0.923. The third-order valence-corrected chi connectivity index (χ3v) is 2.79. The van der Waals surface area contributed by atoms with Crippen molar-refractivity contribution in [2.24, 2.45) is 5.73 Å². The minimum absolute atomic E-state index is 0.0959. The van der Waals surface area contributed by atoms with Gasteiger partial charge in [0.15, 0.2) is 0 Å². The predicted octanol–water partition coefficient (Wildman–Crippen LogP) is 0.620. The average molecular weight is 229 g/mol. The van der Waals surface area contributed by atoms with E-state index in [2.05, 4.69) is 5.32 Å². The summed E-state index contributed by atoms with van der Waals surface area (Å²) in [5.41, 5.74) is 5.82. The summed E-state index contributed by atoms with van der Waals surface area (Å²) in [5, 5.41) is 15.0. The van der Waals surface area contributed by atoms with Gasteiger partial charge in [-0.1, -0.05) is 11.3 Å². The molecule has 15 heavy (non-hydrogen) atoms. The van der Waals surface area contributed by atoms with Crippen molar-refractivity contribution in [1.82, 2.24) is 5.32 Å². The highest BCUT2D eigenvalue weighted by Crippen LogP contribution is 2.22. The molecule has 0 saturated heterocycles. The summed E-state index contributed by atoms with van der Waals surface area (Å²) in [6.45, 7) is 2.04. The third kappa shape index (κ3) is 3.30. The Morgan fingerprint density at radius 1 is 1.80 bits per heavy atom. The lowest BCUT2D eigenvalue weighted by Crippen LogP contribution is -2.38. The molecule has 0 aliphatic rings. The second-order valence-corrected chi connectivity index (χ2v) is 3.94. The second-order valence-electron chi connectivity index (χ2n) is 3.06. The lowest BCUT2D eigenvalue weighted by molar-refractivity contribution is -0.380. The fourth-order valence-corrected chi connectivity index (χ4v) is 1.65. The number of rotatable bonds is 5. The summed E-state index contributed by atoms with van der Waals surface area (Å²) in [6, 6.07) is 1.04. The molecule has 1 amide bonds. The number of carbonyl (C=O) groups is 1. The number of nitrogens with one attached hydrogen (secondary N) is 1. The predicted molar refractivity (Wildman–Crippen MR) is 56.5 cm³/mol. The summed E-state index contributed by atoms with van der Waals surface area (Å²) >= 11 is 1.06. The van der Waals surface area contributed by atoms with E-state index in [0.29, 0.717) is 6.54 Å². The van der Waals surface area contributed by atoms with Crippen LogP contribution in [0.15, 0.2) is 11.4 Å². The number of nitrogens with two attached hydrogens (primary N) is 1. The monoisotopic (exact) mass is 229 g/mol. The lowest BCUT2D eigenvalue weighted by Gasteiger charge is -2.07. The minimum Gasteiger partial charge on any atom is -0.368 e. The molecule has 1 rings (SSSR count). The molecule has 1 aromatic heterocycles. The van der Waals surface area contributed by atoms with Gasteiger partial charge in [-0.3, -0.25) is 14.9 Å². The molecule has 82 valence electrons. The van der Waals surface area contributed by atoms with Crippen LogP contribution in [0.5, 0.6) is 0 Å². The maximum Gasteiger partial charge on any atom is 0.324 e. The molecule has 0 bridgehead atoms. The number of primary amides is 1. The molecule has 0 aliphatic heterocycles. The smallest absolute Gasteiger partial charge is 0.324 e. The zero-order valence-electron chi connectivity index (χ0n) is 8.10. The molecule has 0 fully saturated rings. The number of hydrogen-bond acceptors (Lipinski definition) is 5. The van der Waals surface area contributed by atoms with Crippen LogP contribution in [0.3, 0.4) is 0 Å². The van der Waals surface area contributed by atoms with Gasteiger partial charge in [0.2, 0.25) is 5.91 Å². The van der Waals surface area contributed by atoms with E-state index < -0.39 is 16.9 Å².